The summed E-state index contributed by atoms with van der Waals surface area (Å²) in [5.74, 6) is 1.81. The molecule has 0 amide bonds. The Morgan fingerprint density at radius 1 is 1.32 bits per heavy atom. The number of imidazole rings is 1. The van der Waals surface area contributed by atoms with Gasteiger partial charge in [0.2, 0.25) is 11.8 Å². The van der Waals surface area contributed by atoms with Crippen LogP contribution in [0.25, 0.3) is 11.0 Å². The van der Waals surface area contributed by atoms with Crippen molar-refractivity contribution in [3.63, 3.8) is 0 Å². The average Bonchev–Trinajstić information content (AvgIpc) is 2.82. The van der Waals surface area contributed by atoms with Crippen LogP contribution in [0.4, 0.5) is 5.95 Å². The predicted octanol–water partition coefficient (Wildman–Crippen LogP) is 2.93. The van der Waals surface area contributed by atoms with E-state index in [0.717, 1.165) is 22.5 Å². The smallest absolute Gasteiger partial charge is 0.214 e. The molecule has 0 spiro atoms. The Hall–Kier alpha value is -2.01. The highest BCUT2D eigenvalue weighted by Gasteiger charge is 2.14. The summed E-state index contributed by atoms with van der Waals surface area (Å²) in [6.45, 7) is 4.21. The van der Waals surface area contributed by atoms with E-state index in [9.17, 15) is 0 Å². The van der Waals surface area contributed by atoms with Crippen molar-refractivity contribution in [3.05, 3.63) is 40.6 Å². The summed E-state index contributed by atoms with van der Waals surface area (Å²) < 4.78 is 7.38. The van der Waals surface area contributed by atoms with Crippen molar-refractivity contribution in [1.82, 2.24) is 14.5 Å². The number of benzene rings is 1. The van der Waals surface area contributed by atoms with Gasteiger partial charge in [-0.25, -0.2) is 9.97 Å². The van der Waals surface area contributed by atoms with E-state index in [-0.39, 0.29) is 0 Å². The molecule has 98 valence electrons. The standard InChI is InChI=1S/C13H13ClN4O/c1-7-8(2)19-11(16-7)6-18-12-9(14)4-3-5-10(12)17-13(18)15/h3-5H,6H2,1-2H3,(H2,15,17). The number of nitrogens with zero attached hydrogens (tertiary/aromatic N) is 3. The van der Waals surface area contributed by atoms with Crippen molar-refractivity contribution in [1.29, 1.82) is 0 Å². The fourth-order valence-corrected chi connectivity index (χ4v) is 2.33. The molecule has 19 heavy (non-hydrogen) atoms. The molecule has 0 aliphatic rings. The lowest BCUT2D eigenvalue weighted by molar-refractivity contribution is 0.460. The topological polar surface area (TPSA) is 69.9 Å². The molecule has 1 aromatic carbocycles. The third-order valence-corrected chi connectivity index (χ3v) is 3.42. The molecule has 0 aliphatic heterocycles. The van der Waals surface area contributed by atoms with E-state index in [4.69, 9.17) is 21.8 Å². The Morgan fingerprint density at radius 2 is 2.11 bits per heavy atom. The molecule has 5 nitrogen and oxygen atoms in total. The SMILES string of the molecule is Cc1nc(Cn2c(N)nc3cccc(Cl)c32)oc1C. The van der Waals surface area contributed by atoms with Crippen LogP contribution in [0.15, 0.2) is 22.6 Å². The van der Waals surface area contributed by atoms with Gasteiger partial charge in [-0.15, -0.1) is 0 Å². The van der Waals surface area contributed by atoms with Crippen LogP contribution in [0.3, 0.4) is 0 Å². The van der Waals surface area contributed by atoms with Crippen LogP contribution in [0.2, 0.25) is 5.02 Å². The van der Waals surface area contributed by atoms with Crippen molar-refractivity contribution < 1.29 is 4.42 Å². The second-order valence-electron chi connectivity index (χ2n) is 4.41. The van der Waals surface area contributed by atoms with Gasteiger partial charge in [0.1, 0.15) is 12.3 Å². The molecule has 2 N–H and O–H groups in total. The van der Waals surface area contributed by atoms with E-state index in [0.29, 0.717) is 23.4 Å². The largest absolute Gasteiger partial charge is 0.444 e. The van der Waals surface area contributed by atoms with E-state index in [1.54, 1.807) is 0 Å². The summed E-state index contributed by atoms with van der Waals surface area (Å²) in [6.07, 6.45) is 0. The van der Waals surface area contributed by atoms with Crippen molar-refractivity contribution in [2.45, 2.75) is 20.4 Å². The summed E-state index contributed by atoms with van der Waals surface area (Å²) in [5.41, 5.74) is 8.39. The van der Waals surface area contributed by atoms with Gasteiger partial charge in [0.15, 0.2) is 0 Å². The van der Waals surface area contributed by atoms with Gasteiger partial charge >= 0.3 is 0 Å². The Bertz CT molecular complexity index is 740. The van der Waals surface area contributed by atoms with Gasteiger partial charge in [0.25, 0.3) is 0 Å². The third kappa shape index (κ3) is 1.96. The number of fused-ring (bicyclic) bond motifs is 1. The van der Waals surface area contributed by atoms with Crippen LogP contribution in [0.5, 0.6) is 0 Å². The van der Waals surface area contributed by atoms with Gasteiger partial charge in [-0.2, -0.15) is 0 Å². The molecule has 3 rings (SSSR count). The molecule has 0 saturated heterocycles. The highest BCUT2D eigenvalue weighted by molar-refractivity contribution is 6.35. The number of hydrogen-bond acceptors (Lipinski definition) is 4. The number of para-hydroxylation sites is 1. The highest BCUT2D eigenvalue weighted by atomic mass is 35.5. The van der Waals surface area contributed by atoms with E-state index in [1.165, 1.54) is 0 Å². The molecule has 0 unspecified atom stereocenters. The second kappa shape index (κ2) is 4.28. The normalized spacial score (nSPS) is 11.3. The first-order valence-corrected chi connectivity index (χ1v) is 6.27. The number of nitrogen functional groups attached to an aromatic ring is 1. The quantitative estimate of drug-likeness (QED) is 0.781. The van der Waals surface area contributed by atoms with Crippen LogP contribution in [-0.4, -0.2) is 14.5 Å². The lowest BCUT2D eigenvalue weighted by Gasteiger charge is -2.04. The van der Waals surface area contributed by atoms with Gasteiger partial charge in [-0.1, -0.05) is 17.7 Å². The van der Waals surface area contributed by atoms with Crippen molar-refractivity contribution in [3.8, 4) is 0 Å². The highest BCUT2D eigenvalue weighted by Crippen LogP contribution is 2.26. The second-order valence-corrected chi connectivity index (χ2v) is 4.82. The predicted molar refractivity (Wildman–Crippen MR) is 74.2 cm³/mol. The first-order valence-electron chi connectivity index (χ1n) is 5.89. The lowest BCUT2D eigenvalue weighted by atomic mass is 10.3. The van der Waals surface area contributed by atoms with Gasteiger partial charge in [0.05, 0.1) is 21.7 Å². The molecule has 0 atom stereocenters. The fraction of sp³-hybridized carbons (Fsp3) is 0.231. The van der Waals surface area contributed by atoms with Gasteiger partial charge in [-0.3, -0.25) is 4.57 Å². The number of nitrogens with two attached hydrogens (primary N) is 1. The Labute approximate surface area is 115 Å². The van der Waals surface area contributed by atoms with Crippen LogP contribution in [-0.2, 0) is 6.54 Å². The van der Waals surface area contributed by atoms with Gasteiger partial charge < -0.3 is 10.2 Å². The Balaban J connectivity index is 2.12. The number of aromatic nitrogens is 3. The molecule has 0 bridgehead atoms. The minimum absolute atomic E-state index is 0.400. The summed E-state index contributed by atoms with van der Waals surface area (Å²) in [5, 5.41) is 0.613. The molecule has 6 heteroatoms. The number of anilines is 1. The van der Waals surface area contributed by atoms with Crippen molar-refractivity contribution >= 4 is 28.6 Å². The Morgan fingerprint density at radius 3 is 2.79 bits per heavy atom. The number of aryl methyl sites for hydroxylation is 2. The molecule has 0 aliphatic carbocycles. The molecule has 0 radical (unpaired) electrons. The molecule has 0 fully saturated rings. The number of halogens is 1. The molecule has 2 aromatic heterocycles. The third-order valence-electron chi connectivity index (χ3n) is 3.11. The molecule has 3 aromatic rings. The van der Waals surface area contributed by atoms with Gasteiger partial charge in [0, 0.05) is 0 Å². The summed E-state index contributed by atoms with van der Waals surface area (Å²) in [7, 11) is 0. The Kier molecular flexibility index (Phi) is 2.71. The average molecular weight is 277 g/mol. The maximum absolute atomic E-state index is 6.21. The van der Waals surface area contributed by atoms with E-state index < -0.39 is 0 Å². The zero-order chi connectivity index (χ0) is 13.6. The van der Waals surface area contributed by atoms with Gasteiger partial charge in [-0.05, 0) is 26.0 Å². The fourth-order valence-electron chi connectivity index (χ4n) is 2.06. The zero-order valence-electron chi connectivity index (χ0n) is 10.6. The van der Waals surface area contributed by atoms with E-state index >= 15 is 0 Å². The summed E-state index contributed by atoms with van der Waals surface area (Å²) in [6, 6.07) is 5.54. The van der Waals surface area contributed by atoms with E-state index in [2.05, 4.69) is 9.97 Å². The van der Waals surface area contributed by atoms with Crippen LogP contribution >= 0.6 is 11.6 Å². The molecular formula is C13H13ClN4O. The first kappa shape index (κ1) is 12.0. The van der Waals surface area contributed by atoms with Crippen LogP contribution < -0.4 is 5.73 Å². The maximum atomic E-state index is 6.21. The monoisotopic (exact) mass is 276 g/mol. The summed E-state index contributed by atoms with van der Waals surface area (Å²) in [4.78, 5) is 8.63. The van der Waals surface area contributed by atoms with Crippen LogP contribution in [0, 0.1) is 13.8 Å². The lowest BCUT2D eigenvalue weighted by Crippen LogP contribution is -2.05. The number of rotatable bonds is 2. The minimum Gasteiger partial charge on any atom is -0.444 e. The summed E-state index contributed by atoms with van der Waals surface area (Å²) >= 11 is 6.21. The number of oxazole rings is 1. The zero-order valence-corrected chi connectivity index (χ0v) is 11.4. The molecule has 0 saturated carbocycles. The van der Waals surface area contributed by atoms with E-state index in [1.807, 2.05) is 36.6 Å². The number of hydrogen-bond donors (Lipinski definition) is 1. The molecular weight excluding hydrogens is 264 g/mol. The molecule has 2 heterocycles. The van der Waals surface area contributed by atoms with Crippen molar-refractivity contribution in [2.75, 3.05) is 5.73 Å². The minimum atomic E-state index is 0.400. The first-order chi connectivity index (χ1) is 9.06. The van der Waals surface area contributed by atoms with Crippen molar-refractivity contribution in [2.24, 2.45) is 0 Å². The maximum Gasteiger partial charge on any atom is 0.214 e. The van der Waals surface area contributed by atoms with Crippen LogP contribution in [0.1, 0.15) is 17.3 Å².